The number of hydrogen-bond acceptors (Lipinski definition) is 4. The number of hydrogen-bond donors (Lipinski definition) is 2. The SMILES string of the molecule is CCOC1CC(N)(C(=O)NC2CC(C)(C)Oc3ccccc32)C1(C)C.Cl. The van der Waals surface area contributed by atoms with Gasteiger partial charge in [0.1, 0.15) is 16.9 Å². The number of fused-ring (bicyclic) bond motifs is 1. The van der Waals surface area contributed by atoms with Crippen molar-refractivity contribution in [3.05, 3.63) is 29.8 Å². The first-order chi connectivity index (χ1) is 11.6. The zero-order chi connectivity index (χ0) is 18.5. The molecule has 1 amide bonds. The highest BCUT2D eigenvalue weighted by atomic mass is 35.5. The van der Waals surface area contributed by atoms with E-state index in [0.29, 0.717) is 19.4 Å². The fourth-order valence-corrected chi connectivity index (χ4v) is 4.04. The predicted octanol–water partition coefficient (Wildman–Crippen LogP) is 3.36. The molecule has 1 aromatic carbocycles. The number of rotatable bonds is 4. The zero-order valence-electron chi connectivity index (χ0n) is 16.3. The largest absolute Gasteiger partial charge is 0.487 e. The van der Waals surface area contributed by atoms with Crippen molar-refractivity contribution in [2.45, 2.75) is 70.7 Å². The molecule has 1 fully saturated rings. The van der Waals surface area contributed by atoms with Crippen molar-refractivity contribution in [2.24, 2.45) is 11.1 Å². The van der Waals surface area contributed by atoms with Crippen LogP contribution in [0.1, 0.15) is 59.1 Å². The van der Waals surface area contributed by atoms with Gasteiger partial charge in [-0.05, 0) is 26.8 Å². The summed E-state index contributed by atoms with van der Waals surface area (Å²) in [7, 11) is 0. The lowest BCUT2D eigenvalue weighted by atomic mass is 9.54. The molecule has 1 heterocycles. The van der Waals surface area contributed by atoms with Crippen molar-refractivity contribution in [2.75, 3.05) is 6.61 Å². The van der Waals surface area contributed by atoms with Crippen LogP contribution in [0.5, 0.6) is 5.75 Å². The van der Waals surface area contributed by atoms with Gasteiger partial charge in [-0.3, -0.25) is 4.79 Å². The molecule has 1 aliphatic carbocycles. The lowest BCUT2D eigenvalue weighted by Crippen LogP contribution is -2.76. The van der Waals surface area contributed by atoms with Gasteiger partial charge in [0.05, 0.1) is 12.1 Å². The third kappa shape index (κ3) is 3.32. The molecule has 3 atom stereocenters. The van der Waals surface area contributed by atoms with Crippen LogP contribution in [0, 0.1) is 5.41 Å². The van der Waals surface area contributed by atoms with E-state index < -0.39 is 11.0 Å². The number of ether oxygens (including phenoxy) is 2. The van der Waals surface area contributed by atoms with Crippen molar-refractivity contribution in [3.8, 4) is 5.75 Å². The van der Waals surface area contributed by atoms with Gasteiger partial charge in [-0.2, -0.15) is 0 Å². The number of amides is 1. The van der Waals surface area contributed by atoms with E-state index in [1.54, 1.807) is 0 Å². The zero-order valence-corrected chi connectivity index (χ0v) is 17.1. The third-order valence-corrected chi connectivity index (χ3v) is 5.92. The summed E-state index contributed by atoms with van der Waals surface area (Å²) in [6.07, 6.45) is 1.28. The number of carbonyl (C=O) groups is 1. The minimum absolute atomic E-state index is 0. The molecule has 5 nitrogen and oxygen atoms in total. The van der Waals surface area contributed by atoms with Crippen LogP contribution in [0.2, 0.25) is 0 Å². The van der Waals surface area contributed by atoms with E-state index in [4.69, 9.17) is 15.2 Å². The maximum absolute atomic E-state index is 13.1. The number of para-hydroxylation sites is 1. The molecule has 6 heteroatoms. The summed E-state index contributed by atoms with van der Waals surface area (Å²) in [6.45, 7) is 10.7. The molecule has 3 unspecified atom stereocenters. The summed E-state index contributed by atoms with van der Waals surface area (Å²) >= 11 is 0. The highest BCUT2D eigenvalue weighted by Crippen LogP contribution is 2.50. The Morgan fingerprint density at radius 2 is 1.92 bits per heavy atom. The van der Waals surface area contributed by atoms with Gasteiger partial charge in [-0.15, -0.1) is 12.4 Å². The van der Waals surface area contributed by atoms with E-state index in [0.717, 1.165) is 11.3 Å². The van der Waals surface area contributed by atoms with Crippen molar-refractivity contribution in [3.63, 3.8) is 0 Å². The summed E-state index contributed by atoms with van der Waals surface area (Å²) in [5, 5.41) is 3.19. The van der Waals surface area contributed by atoms with Gasteiger partial charge in [0, 0.05) is 30.4 Å². The lowest BCUT2D eigenvalue weighted by Gasteiger charge is -2.58. The van der Waals surface area contributed by atoms with Crippen LogP contribution < -0.4 is 15.8 Å². The molecule has 1 saturated carbocycles. The van der Waals surface area contributed by atoms with Crippen LogP contribution in [-0.2, 0) is 9.53 Å². The van der Waals surface area contributed by atoms with Crippen LogP contribution in [0.15, 0.2) is 24.3 Å². The van der Waals surface area contributed by atoms with Crippen LogP contribution in [0.3, 0.4) is 0 Å². The lowest BCUT2D eigenvalue weighted by molar-refractivity contribution is -0.171. The minimum atomic E-state index is -0.912. The standard InChI is InChI=1S/C20H30N2O3.ClH/c1-6-24-16-12-20(21,19(16,4)5)17(23)22-14-11-18(2,3)25-15-10-8-7-9-13(14)15;/h7-10,14,16H,6,11-12,21H2,1-5H3,(H,22,23);1H. The Morgan fingerprint density at radius 3 is 2.54 bits per heavy atom. The normalized spacial score (nSPS) is 30.8. The average molecular weight is 383 g/mol. The molecule has 1 aliphatic heterocycles. The maximum Gasteiger partial charge on any atom is 0.241 e. The van der Waals surface area contributed by atoms with Gasteiger partial charge in [0.15, 0.2) is 0 Å². The number of carbonyl (C=O) groups excluding carboxylic acids is 1. The third-order valence-electron chi connectivity index (χ3n) is 5.92. The topological polar surface area (TPSA) is 73.6 Å². The predicted molar refractivity (Wildman–Crippen MR) is 105 cm³/mol. The van der Waals surface area contributed by atoms with E-state index in [-0.39, 0.29) is 36.1 Å². The maximum atomic E-state index is 13.1. The van der Waals surface area contributed by atoms with E-state index in [9.17, 15) is 4.79 Å². The van der Waals surface area contributed by atoms with Crippen molar-refractivity contribution < 1.29 is 14.3 Å². The smallest absolute Gasteiger partial charge is 0.241 e. The first-order valence-electron chi connectivity index (χ1n) is 9.10. The fourth-order valence-electron chi connectivity index (χ4n) is 4.04. The Kier molecular flexibility index (Phi) is 5.67. The first kappa shape index (κ1) is 21.0. The quantitative estimate of drug-likeness (QED) is 0.837. The molecule has 3 rings (SSSR count). The molecule has 146 valence electrons. The summed E-state index contributed by atoms with van der Waals surface area (Å²) in [5.41, 5.74) is 5.89. The highest BCUT2D eigenvalue weighted by molar-refractivity contribution is 5.89. The van der Waals surface area contributed by atoms with Crippen molar-refractivity contribution in [1.82, 2.24) is 5.32 Å². The molecule has 2 aliphatic rings. The van der Waals surface area contributed by atoms with E-state index in [1.165, 1.54) is 0 Å². The molecule has 1 aromatic rings. The molecule has 0 bridgehead atoms. The van der Waals surface area contributed by atoms with Gasteiger partial charge in [-0.25, -0.2) is 0 Å². The molecule has 0 aromatic heterocycles. The molecule has 0 saturated heterocycles. The van der Waals surface area contributed by atoms with E-state index in [2.05, 4.69) is 5.32 Å². The van der Waals surface area contributed by atoms with Crippen molar-refractivity contribution in [1.29, 1.82) is 0 Å². The summed E-state index contributed by atoms with van der Waals surface area (Å²) < 4.78 is 11.8. The summed E-state index contributed by atoms with van der Waals surface area (Å²) in [4.78, 5) is 13.1. The van der Waals surface area contributed by atoms with Gasteiger partial charge >= 0.3 is 0 Å². The monoisotopic (exact) mass is 382 g/mol. The molecule has 3 N–H and O–H groups in total. The fraction of sp³-hybridized carbons (Fsp3) is 0.650. The van der Waals surface area contributed by atoms with Crippen LogP contribution in [0.25, 0.3) is 0 Å². The van der Waals surface area contributed by atoms with Gasteiger partial charge < -0.3 is 20.5 Å². The second-order valence-electron chi connectivity index (χ2n) is 8.47. The summed E-state index contributed by atoms with van der Waals surface area (Å²) in [5.74, 6) is 0.723. The Morgan fingerprint density at radius 1 is 1.27 bits per heavy atom. The van der Waals surface area contributed by atoms with E-state index in [1.807, 2.05) is 58.9 Å². The first-order valence-corrected chi connectivity index (χ1v) is 9.10. The molecular weight excluding hydrogens is 352 g/mol. The molecule has 0 spiro atoms. The van der Waals surface area contributed by atoms with Crippen LogP contribution >= 0.6 is 12.4 Å². The van der Waals surface area contributed by atoms with Gasteiger partial charge in [0.2, 0.25) is 5.91 Å². The second-order valence-corrected chi connectivity index (χ2v) is 8.47. The number of halogens is 1. The average Bonchev–Trinajstić information content (AvgIpc) is 2.53. The minimum Gasteiger partial charge on any atom is -0.487 e. The second kappa shape index (κ2) is 7.02. The van der Waals surface area contributed by atoms with Crippen LogP contribution in [-0.4, -0.2) is 29.8 Å². The number of benzene rings is 1. The molecule has 0 radical (unpaired) electrons. The number of nitrogens with two attached hydrogens (primary N) is 1. The van der Waals surface area contributed by atoms with Crippen molar-refractivity contribution >= 4 is 18.3 Å². The highest BCUT2D eigenvalue weighted by Gasteiger charge is 2.63. The van der Waals surface area contributed by atoms with Crippen LogP contribution in [0.4, 0.5) is 0 Å². The van der Waals surface area contributed by atoms with E-state index >= 15 is 0 Å². The Labute approximate surface area is 162 Å². The summed E-state index contributed by atoms with van der Waals surface area (Å²) in [6, 6.07) is 7.77. The molecule has 26 heavy (non-hydrogen) atoms. The Hall–Kier alpha value is -1.30. The van der Waals surface area contributed by atoms with Gasteiger partial charge in [0.25, 0.3) is 0 Å². The van der Waals surface area contributed by atoms with Gasteiger partial charge in [-0.1, -0.05) is 32.0 Å². The number of nitrogens with one attached hydrogen (secondary N) is 1. The Balaban J connectivity index is 0.00000243. The Bertz CT molecular complexity index is 677. The molecular formula is C20H31ClN2O3.